The van der Waals surface area contributed by atoms with Crippen LogP contribution in [-0.2, 0) is 6.42 Å². The van der Waals surface area contributed by atoms with Crippen molar-refractivity contribution in [2.75, 3.05) is 26.2 Å². The van der Waals surface area contributed by atoms with Gasteiger partial charge in [-0.05, 0) is 47.4 Å². The number of hydrogen-bond acceptors (Lipinski definition) is 2. The number of benzene rings is 2. The van der Waals surface area contributed by atoms with E-state index in [1.54, 1.807) is 13.0 Å². The number of hydrogen-bond donors (Lipinski definition) is 1. The van der Waals surface area contributed by atoms with Crippen molar-refractivity contribution >= 4 is 11.4 Å². The summed E-state index contributed by atoms with van der Waals surface area (Å²) in [5.74, 6) is -0.177. The highest BCUT2D eigenvalue weighted by Gasteiger charge is 2.28. The summed E-state index contributed by atoms with van der Waals surface area (Å²) in [6.45, 7) is 4.76. The summed E-state index contributed by atoms with van der Waals surface area (Å²) in [7, 11) is 0. The molecule has 162 valence electrons. The van der Waals surface area contributed by atoms with Gasteiger partial charge in [-0.3, -0.25) is 4.79 Å². The van der Waals surface area contributed by atoms with Gasteiger partial charge in [0.05, 0.1) is 16.8 Å². The molecule has 2 aromatic carbocycles. The number of carbonyl (C=O) groups is 1. The molecule has 0 bridgehead atoms. The molecule has 1 fully saturated rings. The van der Waals surface area contributed by atoms with Gasteiger partial charge in [0.1, 0.15) is 5.82 Å². The summed E-state index contributed by atoms with van der Waals surface area (Å²) in [5, 5.41) is 3.32. The van der Waals surface area contributed by atoms with E-state index >= 15 is 0 Å². The summed E-state index contributed by atoms with van der Waals surface area (Å²) >= 11 is 0. The first-order valence-electron chi connectivity index (χ1n) is 11.1. The maximum absolute atomic E-state index is 14.4. The molecule has 3 heterocycles. The van der Waals surface area contributed by atoms with Crippen LogP contribution in [0, 0.1) is 12.7 Å². The van der Waals surface area contributed by atoms with E-state index < -0.39 is 0 Å². The fourth-order valence-corrected chi connectivity index (χ4v) is 4.64. The van der Waals surface area contributed by atoms with Crippen LogP contribution in [0.15, 0.2) is 72.9 Å². The molecule has 0 radical (unpaired) electrons. The van der Waals surface area contributed by atoms with Crippen molar-refractivity contribution in [3.05, 3.63) is 101 Å². The van der Waals surface area contributed by atoms with E-state index in [1.807, 2.05) is 53.6 Å². The molecule has 5 rings (SSSR count). The molecule has 2 aromatic heterocycles. The molecule has 1 aliphatic heterocycles. The maximum atomic E-state index is 14.4. The van der Waals surface area contributed by atoms with Crippen molar-refractivity contribution in [2.45, 2.75) is 13.3 Å². The lowest BCUT2D eigenvalue weighted by molar-refractivity contribution is 0.0737. The number of aromatic nitrogens is 1. The Bertz CT molecular complexity index is 1270. The maximum Gasteiger partial charge on any atom is 0.256 e. The van der Waals surface area contributed by atoms with E-state index in [-0.39, 0.29) is 11.7 Å². The van der Waals surface area contributed by atoms with Crippen molar-refractivity contribution in [3.63, 3.8) is 0 Å². The van der Waals surface area contributed by atoms with Gasteiger partial charge in [-0.2, -0.15) is 0 Å². The lowest BCUT2D eigenvalue weighted by atomic mass is 9.94. The Hall–Kier alpha value is -3.44. The minimum Gasteiger partial charge on any atom is -0.336 e. The molecule has 1 N–H and O–H groups in total. The second-order valence-electron chi connectivity index (χ2n) is 8.27. The lowest BCUT2D eigenvalue weighted by Crippen LogP contribution is -2.46. The Morgan fingerprint density at radius 3 is 2.50 bits per heavy atom. The highest BCUT2D eigenvalue weighted by molar-refractivity contribution is 6.05. The molecule has 0 aliphatic carbocycles. The van der Waals surface area contributed by atoms with Crippen LogP contribution in [0.5, 0.6) is 0 Å². The van der Waals surface area contributed by atoms with Crippen molar-refractivity contribution in [1.29, 1.82) is 0 Å². The van der Waals surface area contributed by atoms with Gasteiger partial charge in [-0.25, -0.2) is 4.39 Å². The third-order valence-corrected chi connectivity index (χ3v) is 6.36. The van der Waals surface area contributed by atoms with Gasteiger partial charge in [-0.1, -0.05) is 48.5 Å². The van der Waals surface area contributed by atoms with Crippen LogP contribution in [0.1, 0.15) is 27.0 Å². The second kappa shape index (κ2) is 8.60. The molecule has 0 unspecified atom stereocenters. The number of pyridine rings is 1. The van der Waals surface area contributed by atoms with Crippen LogP contribution in [0.3, 0.4) is 0 Å². The fourth-order valence-electron chi connectivity index (χ4n) is 4.64. The number of rotatable bonds is 4. The van der Waals surface area contributed by atoms with Gasteiger partial charge in [0, 0.05) is 38.8 Å². The summed E-state index contributed by atoms with van der Waals surface area (Å²) in [5.41, 5.74) is 6.10. The molecule has 32 heavy (non-hydrogen) atoms. The van der Waals surface area contributed by atoms with Crippen LogP contribution >= 0.6 is 0 Å². The van der Waals surface area contributed by atoms with Crippen LogP contribution < -0.4 is 5.32 Å². The minimum atomic E-state index is -0.220. The fraction of sp³-hybridized carbons (Fsp3) is 0.222. The number of fused-ring (bicyclic) bond motifs is 1. The molecular weight excluding hydrogens is 401 g/mol. The normalized spacial score (nSPS) is 14.1. The number of nitrogens with zero attached hydrogens (tertiary/aromatic N) is 2. The van der Waals surface area contributed by atoms with Crippen molar-refractivity contribution in [2.24, 2.45) is 0 Å². The SMILES string of the molecule is Cc1c(F)cccc1Cc1c(C(=O)N2CCNCC2)c2ccccn2c1-c1ccccc1. The van der Waals surface area contributed by atoms with Crippen LogP contribution in [0.25, 0.3) is 16.8 Å². The first kappa shape index (κ1) is 20.5. The monoisotopic (exact) mass is 427 g/mol. The van der Waals surface area contributed by atoms with Crippen molar-refractivity contribution in [1.82, 2.24) is 14.6 Å². The summed E-state index contributed by atoms with van der Waals surface area (Å²) in [6.07, 6.45) is 2.50. The highest BCUT2D eigenvalue weighted by Crippen LogP contribution is 2.35. The zero-order chi connectivity index (χ0) is 22.1. The molecule has 4 aromatic rings. The average molecular weight is 428 g/mol. The van der Waals surface area contributed by atoms with Gasteiger partial charge < -0.3 is 14.6 Å². The van der Waals surface area contributed by atoms with Crippen molar-refractivity contribution < 1.29 is 9.18 Å². The largest absolute Gasteiger partial charge is 0.336 e. The first-order valence-corrected chi connectivity index (χ1v) is 11.1. The number of piperazine rings is 1. The molecule has 1 saturated heterocycles. The van der Waals surface area contributed by atoms with Crippen LogP contribution in [-0.4, -0.2) is 41.4 Å². The zero-order valence-electron chi connectivity index (χ0n) is 18.1. The Kier molecular flexibility index (Phi) is 5.50. The predicted molar refractivity (Wildman–Crippen MR) is 126 cm³/mol. The molecular formula is C27H26FN3O. The predicted octanol–water partition coefficient (Wildman–Crippen LogP) is 4.69. The molecule has 0 atom stereocenters. The van der Waals surface area contributed by atoms with E-state index in [0.717, 1.165) is 46.6 Å². The number of nitrogens with one attached hydrogen (secondary N) is 1. The Labute approximate surface area is 187 Å². The molecule has 0 saturated carbocycles. The summed E-state index contributed by atoms with van der Waals surface area (Å²) < 4.78 is 16.5. The van der Waals surface area contributed by atoms with E-state index in [9.17, 15) is 9.18 Å². The third-order valence-electron chi connectivity index (χ3n) is 6.36. The first-order chi connectivity index (χ1) is 15.6. The van der Waals surface area contributed by atoms with E-state index in [2.05, 4.69) is 21.9 Å². The number of halogens is 1. The van der Waals surface area contributed by atoms with Gasteiger partial charge in [-0.15, -0.1) is 0 Å². The standard InChI is InChI=1S/C27H26FN3O/c1-19-21(10-7-11-23(19)28)18-22-25(27(32)30-16-13-29-14-17-30)24-12-5-6-15-31(24)26(22)20-8-3-2-4-9-20/h2-12,15,29H,13-14,16-18H2,1H3. The topological polar surface area (TPSA) is 36.8 Å². The summed E-state index contributed by atoms with van der Waals surface area (Å²) in [4.78, 5) is 15.8. The van der Waals surface area contributed by atoms with Gasteiger partial charge in [0.2, 0.25) is 0 Å². The molecule has 1 amide bonds. The number of amides is 1. The third kappa shape index (κ3) is 3.59. The molecule has 5 heteroatoms. The average Bonchev–Trinajstić information content (AvgIpc) is 3.16. The minimum absolute atomic E-state index is 0.0430. The van der Waals surface area contributed by atoms with Crippen molar-refractivity contribution in [3.8, 4) is 11.3 Å². The molecule has 4 nitrogen and oxygen atoms in total. The summed E-state index contributed by atoms with van der Waals surface area (Å²) in [6, 6.07) is 21.3. The quantitative estimate of drug-likeness (QED) is 0.513. The Morgan fingerprint density at radius 2 is 1.72 bits per heavy atom. The number of carbonyl (C=O) groups excluding carboxylic acids is 1. The Balaban J connectivity index is 1.76. The van der Waals surface area contributed by atoms with Gasteiger partial charge >= 0.3 is 0 Å². The molecule has 0 spiro atoms. The lowest BCUT2D eigenvalue weighted by Gasteiger charge is -2.27. The van der Waals surface area contributed by atoms with Crippen LogP contribution in [0.2, 0.25) is 0 Å². The molecule has 1 aliphatic rings. The smallest absolute Gasteiger partial charge is 0.256 e. The zero-order valence-corrected chi connectivity index (χ0v) is 18.1. The van der Waals surface area contributed by atoms with E-state index in [0.29, 0.717) is 25.1 Å². The Morgan fingerprint density at radius 1 is 0.969 bits per heavy atom. The van der Waals surface area contributed by atoms with Gasteiger partial charge in [0.25, 0.3) is 5.91 Å². The van der Waals surface area contributed by atoms with E-state index in [1.165, 1.54) is 6.07 Å². The van der Waals surface area contributed by atoms with Gasteiger partial charge in [0.15, 0.2) is 0 Å². The van der Waals surface area contributed by atoms with Crippen LogP contribution in [0.4, 0.5) is 4.39 Å². The van der Waals surface area contributed by atoms with E-state index in [4.69, 9.17) is 0 Å². The highest BCUT2D eigenvalue weighted by atomic mass is 19.1. The second-order valence-corrected chi connectivity index (χ2v) is 8.27.